The van der Waals surface area contributed by atoms with Crippen molar-refractivity contribution in [2.24, 2.45) is 0 Å². The summed E-state index contributed by atoms with van der Waals surface area (Å²) >= 11 is 0. The number of rotatable bonds is 5. The summed E-state index contributed by atoms with van der Waals surface area (Å²) in [7, 11) is -4.03. The van der Waals surface area contributed by atoms with E-state index in [0.29, 0.717) is 11.2 Å². The predicted molar refractivity (Wildman–Crippen MR) is 103 cm³/mol. The number of hydrogen-bond donors (Lipinski definition) is 4. The largest absolute Gasteiger partial charge is 0.477 e. The van der Waals surface area contributed by atoms with Crippen LogP contribution in [0.2, 0.25) is 0 Å². The first-order valence-electron chi connectivity index (χ1n) is 7.96. The minimum Gasteiger partial charge on any atom is -0.477 e. The summed E-state index contributed by atoms with van der Waals surface area (Å²) in [6, 6.07) is 9.81. The lowest BCUT2D eigenvalue weighted by Gasteiger charge is -2.10. The molecule has 0 aliphatic rings. The number of aromatic nitrogens is 1. The average Bonchev–Trinajstić information content (AvgIpc) is 2.62. The fourth-order valence-corrected chi connectivity index (χ4v) is 3.65. The molecule has 1 amide bonds. The Morgan fingerprint density at radius 1 is 1.04 bits per heavy atom. The highest BCUT2D eigenvalue weighted by Gasteiger charge is 2.18. The van der Waals surface area contributed by atoms with Crippen LogP contribution in [0.15, 0.2) is 58.4 Å². The average molecular weight is 401 g/mol. The number of sulfonamides is 1. The Hall–Kier alpha value is -3.66. The summed E-state index contributed by atoms with van der Waals surface area (Å²) in [5.74, 6) is -1.66. The molecule has 0 atom stereocenters. The Balaban J connectivity index is 1.96. The van der Waals surface area contributed by atoms with Gasteiger partial charge in [-0.2, -0.15) is 0 Å². The van der Waals surface area contributed by atoms with Gasteiger partial charge >= 0.3 is 5.97 Å². The van der Waals surface area contributed by atoms with Crippen LogP contribution in [0.4, 0.5) is 11.4 Å². The first kappa shape index (κ1) is 19.1. The number of aromatic carboxylic acids is 1. The van der Waals surface area contributed by atoms with Crippen LogP contribution in [0.1, 0.15) is 17.3 Å². The van der Waals surface area contributed by atoms with Crippen LogP contribution >= 0.6 is 0 Å². The Morgan fingerprint density at radius 2 is 1.68 bits per heavy atom. The zero-order valence-electron chi connectivity index (χ0n) is 14.5. The van der Waals surface area contributed by atoms with Crippen molar-refractivity contribution in [3.8, 4) is 0 Å². The van der Waals surface area contributed by atoms with Crippen LogP contribution in [0.3, 0.4) is 0 Å². The van der Waals surface area contributed by atoms with E-state index in [-0.39, 0.29) is 21.9 Å². The SMILES string of the molecule is CC(=O)Nc1ccc(NS(=O)(=O)c2ccc3[nH]cc(C(=O)O)c(=O)c3c2)cc1. The molecular formula is C18H15N3O6S. The second kappa shape index (κ2) is 7.16. The second-order valence-corrected chi connectivity index (χ2v) is 7.59. The molecule has 0 spiro atoms. The van der Waals surface area contributed by atoms with Gasteiger partial charge in [0.1, 0.15) is 5.56 Å². The molecule has 0 saturated carbocycles. The third-order valence-corrected chi connectivity index (χ3v) is 5.23. The van der Waals surface area contributed by atoms with Gasteiger partial charge in [-0.3, -0.25) is 14.3 Å². The molecule has 0 aliphatic carbocycles. The number of carboxylic acid groups (broad SMARTS) is 1. The molecular weight excluding hydrogens is 386 g/mol. The minimum atomic E-state index is -4.03. The zero-order valence-corrected chi connectivity index (χ0v) is 15.3. The maximum Gasteiger partial charge on any atom is 0.341 e. The fraction of sp³-hybridized carbons (Fsp3) is 0.0556. The summed E-state index contributed by atoms with van der Waals surface area (Å²) in [6.07, 6.45) is 1.07. The van der Waals surface area contributed by atoms with Crippen molar-refractivity contribution in [3.05, 3.63) is 64.4 Å². The Bertz CT molecular complexity index is 1250. The van der Waals surface area contributed by atoms with Crippen LogP contribution < -0.4 is 15.5 Å². The van der Waals surface area contributed by atoms with Crippen molar-refractivity contribution < 1.29 is 23.1 Å². The molecule has 0 radical (unpaired) electrons. The lowest BCUT2D eigenvalue weighted by atomic mass is 10.1. The van der Waals surface area contributed by atoms with Gasteiger partial charge in [0.25, 0.3) is 10.0 Å². The van der Waals surface area contributed by atoms with Crippen molar-refractivity contribution in [1.29, 1.82) is 0 Å². The van der Waals surface area contributed by atoms with Gasteiger partial charge in [-0.1, -0.05) is 0 Å². The molecule has 0 fully saturated rings. The van der Waals surface area contributed by atoms with Crippen molar-refractivity contribution in [3.63, 3.8) is 0 Å². The van der Waals surface area contributed by atoms with Gasteiger partial charge in [0, 0.05) is 35.4 Å². The van der Waals surface area contributed by atoms with Crippen LogP contribution in [-0.2, 0) is 14.8 Å². The summed E-state index contributed by atoms with van der Waals surface area (Å²) < 4.78 is 27.6. The molecule has 1 aromatic heterocycles. The van der Waals surface area contributed by atoms with Gasteiger partial charge in [0.15, 0.2) is 0 Å². The number of nitrogens with one attached hydrogen (secondary N) is 3. The first-order chi connectivity index (χ1) is 13.2. The summed E-state index contributed by atoms with van der Waals surface area (Å²) in [4.78, 5) is 36.9. The molecule has 144 valence electrons. The van der Waals surface area contributed by atoms with Gasteiger partial charge in [-0.25, -0.2) is 13.2 Å². The number of carbonyl (C=O) groups is 2. The van der Waals surface area contributed by atoms with E-state index in [1.54, 1.807) is 0 Å². The molecule has 0 bridgehead atoms. The van der Waals surface area contributed by atoms with Crippen LogP contribution in [0, 0.1) is 0 Å². The number of amides is 1. The van der Waals surface area contributed by atoms with E-state index in [0.717, 1.165) is 12.3 Å². The van der Waals surface area contributed by atoms with E-state index in [2.05, 4.69) is 15.0 Å². The highest BCUT2D eigenvalue weighted by atomic mass is 32.2. The molecule has 1 heterocycles. The lowest BCUT2D eigenvalue weighted by molar-refractivity contribution is -0.114. The van der Waals surface area contributed by atoms with E-state index >= 15 is 0 Å². The third kappa shape index (κ3) is 3.86. The number of pyridine rings is 1. The number of carboxylic acids is 1. The quantitative estimate of drug-likeness (QED) is 0.514. The highest BCUT2D eigenvalue weighted by molar-refractivity contribution is 7.92. The molecule has 3 aromatic rings. The third-order valence-electron chi connectivity index (χ3n) is 3.85. The minimum absolute atomic E-state index is 0.0521. The van der Waals surface area contributed by atoms with Crippen molar-refractivity contribution in [2.75, 3.05) is 10.0 Å². The zero-order chi connectivity index (χ0) is 20.5. The van der Waals surface area contributed by atoms with Gasteiger partial charge in [0.05, 0.1) is 4.90 Å². The molecule has 0 unspecified atom stereocenters. The molecule has 0 aliphatic heterocycles. The second-order valence-electron chi connectivity index (χ2n) is 5.91. The van der Waals surface area contributed by atoms with Gasteiger partial charge in [-0.05, 0) is 42.5 Å². The fourth-order valence-electron chi connectivity index (χ4n) is 2.56. The smallest absolute Gasteiger partial charge is 0.341 e. The number of anilines is 2. The van der Waals surface area contributed by atoms with E-state index in [9.17, 15) is 22.8 Å². The number of hydrogen-bond acceptors (Lipinski definition) is 5. The molecule has 9 nitrogen and oxygen atoms in total. The van der Waals surface area contributed by atoms with Crippen LogP contribution in [0.25, 0.3) is 10.9 Å². The molecule has 4 N–H and O–H groups in total. The number of aromatic amines is 1. The maximum atomic E-state index is 12.6. The van der Waals surface area contributed by atoms with Crippen LogP contribution in [-0.4, -0.2) is 30.4 Å². The first-order valence-corrected chi connectivity index (χ1v) is 9.45. The van der Waals surface area contributed by atoms with E-state index in [1.807, 2.05) is 0 Å². The van der Waals surface area contributed by atoms with E-state index in [4.69, 9.17) is 5.11 Å². The Labute approximate surface area is 159 Å². The molecule has 3 rings (SSSR count). The molecule has 28 heavy (non-hydrogen) atoms. The standard InChI is InChI=1S/C18H15N3O6S/c1-10(22)20-11-2-4-12(5-3-11)21-28(26,27)13-6-7-16-14(8-13)17(23)15(9-19-16)18(24)25/h2-9,21H,1H3,(H,19,23)(H,20,22)(H,24,25). The van der Waals surface area contributed by atoms with Gasteiger partial charge < -0.3 is 15.4 Å². The molecule has 2 aromatic carbocycles. The number of benzene rings is 2. The summed E-state index contributed by atoms with van der Waals surface area (Å²) in [6.45, 7) is 1.35. The predicted octanol–water partition coefficient (Wildman–Crippen LogP) is 1.99. The topological polar surface area (TPSA) is 145 Å². The maximum absolute atomic E-state index is 12.6. The van der Waals surface area contributed by atoms with Crippen molar-refractivity contribution in [1.82, 2.24) is 4.98 Å². The Morgan fingerprint density at radius 3 is 2.29 bits per heavy atom. The van der Waals surface area contributed by atoms with Gasteiger partial charge in [0.2, 0.25) is 11.3 Å². The lowest BCUT2D eigenvalue weighted by Crippen LogP contribution is -2.17. The summed E-state index contributed by atoms with van der Waals surface area (Å²) in [5, 5.41) is 11.6. The molecule has 10 heteroatoms. The van der Waals surface area contributed by atoms with Crippen LogP contribution in [0.5, 0.6) is 0 Å². The number of H-pyrrole nitrogens is 1. The highest BCUT2D eigenvalue weighted by Crippen LogP contribution is 2.20. The number of fused-ring (bicyclic) bond motifs is 1. The molecule has 0 saturated heterocycles. The Kier molecular flexibility index (Phi) is 4.89. The van der Waals surface area contributed by atoms with E-state index in [1.165, 1.54) is 43.3 Å². The van der Waals surface area contributed by atoms with Gasteiger partial charge in [-0.15, -0.1) is 0 Å². The number of carbonyl (C=O) groups excluding carboxylic acids is 1. The van der Waals surface area contributed by atoms with Crippen molar-refractivity contribution >= 4 is 44.2 Å². The van der Waals surface area contributed by atoms with E-state index < -0.39 is 27.0 Å². The normalized spacial score (nSPS) is 11.2. The van der Waals surface area contributed by atoms with Crippen molar-refractivity contribution in [2.45, 2.75) is 11.8 Å². The summed E-state index contributed by atoms with van der Waals surface area (Å²) in [5.41, 5.74) is -0.189. The monoisotopic (exact) mass is 401 g/mol.